The maximum atomic E-state index is 6.30. The molecule has 0 N–H and O–H groups in total. The number of fused-ring (bicyclic) bond motifs is 8. The number of hydrogen-bond donors (Lipinski definition) is 0. The second-order valence-electron chi connectivity index (χ2n) is 15.3. The van der Waals surface area contributed by atoms with E-state index >= 15 is 0 Å². The largest absolute Gasteiger partial charge is 0.456 e. The van der Waals surface area contributed by atoms with Crippen LogP contribution in [0, 0.1) is 0 Å². The molecular weight excluding hydrogens is 733 g/mol. The lowest BCUT2D eigenvalue weighted by Gasteiger charge is -2.26. The second-order valence-corrected chi connectivity index (χ2v) is 15.3. The van der Waals surface area contributed by atoms with E-state index in [0.29, 0.717) is 0 Å². The molecule has 0 aliphatic carbocycles. The predicted molar refractivity (Wildman–Crippen MR) is 249 cm³/mol. The molecule has 0 atom stereocenters. The third-order valence-corrected chi connectivity index (χ3v) is 11.8. The van der Waals surface area contributed by atoms with Gasteiger partial charge in [-0.05, 0) is 119 Å². The van der Waals surface area contributed by atoms with Gasteiger partial charge in [0.2, 0.25) is 0 Å². The zero-order valence-electron chi connectivity index (χ0n) is 32.5. The SMILES string of the molecule is c1ccc(-c2ccc(N(c3ccc(-c4ccc(-n5c6ccccc6c6c7c(ccc65)oc5ccccc57)cc4)cc3)c3ccc(-c4cc5ccccc5o4)cc3)cc2)cc1. The first kappa shape index (κ1) is 34.0. The summed E-state index contributed by atoms with van der Waals surface area (Å²) in [4.78, 5) is 2.31. The van der Waals surface area contributed by atoms with E-state index in [4.69, 9.17) is 8.83 Å². The number of rotatable bonds is 7. The van der Waals surface area contributed by atoms with Crippen LogP contribution < -0.4 is 4.90 Å². The molecule has 0 saturated heterocycles. The average Bonchev–Trinajstić information content (AvgIpc) is 4.02. The number of para-hydroxylation sites is 3. The molecule has 282 valence electrons. The molecule has 12 rings (SSSR count). The van der Waals surface area contributed by atoms with Crippen molar-refractivity contribution in [2.24, 2.45) is 0 Å². The first-order valence-corrected chi connectivity index (χ1v) is 20.3. The van der Waals surface area contributed by atoms with E-state index in [-0.39, 0.29) is 0 Å². The topological polar surface area (TPSA) is 34.5 Å². The van der Waals surface area contributed by atoms with E-state index < -0.39 is 0 Å². The third-order valence-electron chi connectivity index (χ3n) is 11.8. The zero-order valence-corrected chi connectivity index (χ0v) is 32.5. The quantitative estimate of drug-likeness (QED) is 0.162. The smallest absolute Gasteiger partial charge is 0.136 e. The van der Waals surface area contributed by atoms with Crippen LogP contribution in [0.15, 0.2) is 227 Å². The molecule has 0 spiro atoms. The van der Waals surface area contributed by atoms with Crippen LogP contribution in [-0.4, -0.2) is 4.57 Å². The Bertz CT molecular complexity index is 3470. The van der Waals surface area contributed by atoms with Gasteiger partial charge in [0.15, 0.2) is 0 Å². The Hall–Kier alpha value is -8.08. The van der Waals surface area contributed by atoms with Crippen molar-refractivity contribution in [3.05, 3.63) is 218 Å². The van der Waals surface area contributed by atoms with Gasteiger partial charge in [-0.2, -0.15) is 0 Å². The van der Waals surface area contributed by atoms with Crippen LogP contribution in [-0.2, 0) is 0 Å². The molecule has 0 bridgehead atoms. The number of hydrogen-bond acceptors (Lipinski definition) is 3. The summed E-state index contributed by atoms with van der Waals surface area (Å²) < 4.78 is 14.9. The van der Waals surface area contributed by atoms with Gasteiger partial charge in [0.1, 0.15) is 22.5 Å². The molecule has 0 aliphatic heterocycles. The minimum atomic E-state index is 0.860. The molecule has 12 aromatic rings. The van der Waals surface area contributed by atoms with E-state index in [2.05, 4.69) is 198 Å². The van der Waals surface area contributed by atoms with Crippen molar-refractivity contribution in [2.45, 2.75) is 0 Å². The van der Waals surface area contributed by atoms with Crippen LogP contribution in [0.1, 0.15) is 0 Å². The Labute approximate surface area is 346 Å². The fourth-order valence-electron chi connectivity index (χ4n) is 8.94. The predicted octanol–water partition coefficient (Wildman–Crippen LogP) is 15.9. The molecule has 0 unspecified atom stereocenters. The molecule has 0 amide bonds. The van der Waals surface area contributed by atoms with Gasteiger partial charge in [0.25, 0.3) is 0 Å². The van der Waals surface area contributed by atoms with Gasteiger partial charge < -0.3 is 18.3 Å². The highest BCUT2D eigenvalue weighted by molar-refractivity contribution is 6.27. The summed E-state index contributed by atoms with van der Waals surface area (Å²) in [6.45, 7) is 0. The van der Waals surface area contributed by atoms with Crippen molar-refractivity contribution >= 4 is 71.8 Å². The highest BCUT2D eigenvalue weighted by Gasteiger charge is 2.19. The van der Waals surface area contributed by atoms with Gasteiger partial charge in [-0.1, -0.05) is 121 Å². The van der Waals surface area contributed by atoms with Crippen molar-refractivity contribution < 1.29 is 8.83 Å². The van der Waals surface area contributed by atoms with E-state index in [1.54, 1.807) is 0 Å². The normalized spacial score (nSPS) is 11.7. The lowest BCUT2D eigenvalue weighted by Crippen LogP contribution is -2.09. The summed E-state index contributed by atoms with van der Waals surface area (Å²) in [6, 6.07) is 77.3. The molecule has 60 heavy (non-hydrogen) atoms. The van der Waals surface area contributed by atoms with Crippen LogP contribution in [0.4, 0.5) is 17.1 Å². The summed E-state index contributed by atoms with van der Waals surface area (Å²) >= 11 is 0. The Kier molecular flexibility index (Phi) is 7.82. The summed E-state index contributed by atoms with van der Waals surface area (Å²) in [5.41, 5.74) is 15.1. The van der Waals surface area contributed by atoms with Gasteiger partial charge in [0.05, 0.1) is 11.0 Å². The zero-order chi connectivity index (χ0) is 39.6. The van der Waals surface area contributed by atoms with E-state index in [1.807, 2.05) is 30.3 Å². The van der Waals surface area contributed by atoms with E-state index in [9.17, 15) is 0 Å². The number of anilines is 3. The highest BCUT2D eigenvalue weighted by Crippen LogP contribution is 2.42. The lowest BCUT2D eigenvalue weighted by atomic mass is 10.0. The maximum absolute atomic E-state index is 6.30. The van der Waals surface area contributed by atoms with Crippen molar-refractivity contribution in [2.75, 3.05) is 4.90 Å². The molecule has 0 saturated carbocycles. The highest BCUT2D eigenvalue weighted by atomic mass is 16.3. The Morgan fingerprint density at radius 3 is 1.53 bits per heavy atom. The Morgan fingerprint density at radius 1 is 0.333 bits per heavy atom. The fraction of sp³-hybridized carbons (Fsp3) is 0. The molecule has 0 aliphatic rings. The Balaban J connectivity index is 0.898. The average molecular weight is 769 g/mol. The molecule has 9 aromatic carbocycles. The Morgan fingerprint density at radius 2 is 0.867 bits per heavy atom. The van der Waals surface area contributed by atoms with Crippen molar-refractivity contribution in [3.8, 4) is 39.3 Å². The molecule has 3 aromatic heterocycles. The van der Waals surface area contributed by atoms with E-state index in [0.717, 1.165) is 83.6 Å². The molecule has 4 nitrogen and oxygen atoms in total. The van der Waals surface area contributed by atoms with Crippen LogP contribution in [0.25, 0.3) is 94.0 Å². The minimum absolute atomic E-state index is 0.860. The van der Waals surface area contributed by atoms with Crippen LogP contribution in [0.3, 0.4) is 0 Å². The van der Waals surface area contributed by atoms with Gasteiger partial charge in [-0.15, -0.1) is 0 Å². The minimum Gasteiger partial charge on any atom is -0.456 e. The fourth-order valence-corrected chi connectivity index (χ4v) is 8.94. The van der Waals surface area contributed by atoms with Crippen molar-refractivity contribution in [1.82, 2.24) is 4.57 Å². The van der Waals surface area contributed by atoms with Crippen LogP contribution in [0.2, 0.25) is 0 Å². The van der Waals surface area contributed by atoms with Gasteiger partial charge in [-0.3, -0.25) is 0 Å². The molecular formula is C56H36N2O2. The van der Waals surface area contributed by atoms with Gasteiger partial charge in [-0.25, -0.2) is 0 Å². The first-order chi connectivity index (χ1) is 29.7. The summed E-state index contributed by atoms with van der Waals surface area (Å²) in [7, 11) is 0. The first-order valence-electron chi connectivity index (χ1n) is 20.3. The van der Waals surface area contributed by atoms with E-state index in [1.165, 1.54) is 27.4 Å². The number of benzene rings is 9. The second kappa shape index (κ2) is 13.8. The summed E-state index contributed by atoms with van der Waals surface area (Å²) in [5, 5.41) is 5.84. The maximum Gasteiger partial charge on any atom is 0.136 e. The van der Waals surface area contributed by atoms with Crippen LogP contribution >= 0.6 is 0 Å². The third kappa shape index (κ3) is 5.61. The molecule has 3 heterocycles. The van der Waals surface area contributed by atoms with Gasteiger partial charge >= 0.3 is 0 Å². The molecule has 0 fully saturated rings. The summed E-state index contributed by atoms with van der Waals surface area (Å²) in [5.74, 6) is 0.860. The number of aromatic nitrogens is 1. The van der Waals surface area contributed by atoms with Crippen LogP contribution in [0.5, 0.6) is 0 Å². The molecule has 4 heteroatoms. The standard InChI is InChI=1S/C56H36N2O2/c1-2-10-37(11-3-1)38-18-26-43(27-19-38)57(45-32-24-41(25-33-45)54-36-42-12-4-8-16-51(42)59-54)44-28-20-39(21-29-44)40-22-30-46(31-23-40)58-49-15-7-5-13-47(49)55-50(58)34-35-53-56(55)48-14-6-9-17-52(48)60-53/h1-36H. The van der Waals surface area contributed by atoms with Crippen molar-refractivity contribution in [1.29, 1.82) is 0 Å². The van der Waals surface area contributed by atoms with Gasteiger partial charge in [0, 0.05) is 55.2 Å². The summed E-state index contributed by atoms with van der Waals surface area (Å²) in [6.07, 6.45) is 0. The number of furan rings is 2. The lowest BCUT2D eigenvalue weighted by molar-refractivity contribution is 0.631. The number of nitrogens with zero attached hydrogens (tertiary/aromatic N) is 2. The monoisotopic (exact) mass is 768 g/mol. The molecule has 0 radical (unpaired) electrons. The van der Waals surface area contributed by atoms with Crippen molar-refractivity contribution in [3.63, 3.8) is 0 Å².